The fraction of sp³-hybridized carbons (Fsp3) is 0.556. The van der Waals surface area contributed by atoms with Crippen molar-refractivity contribution in [2.75, 3.05) is 6.54 Å². The van der Waals surface area contributed by atoms with Crippen molar-refractivity contribution in [2.45, 2.75) is 52.5 Å². The number of nitrogens with one attached hydrogen (secondary N) is 1. The summed E-state index contributed by atoms with van der Waals surface area (Å²) in [6, 6.07) is 6.51. The standard InChI is InChI=1S/C18H26BrNS/c1-13(10-11-20-18(2,3)4)8-9-14-12-21-17-15(14)6-5-7-16(17)19/h5-7,12-13,20H,8-11H2,1-4H3. The Labute approximate surface area is 141 Å². The summed E-state index contributed by atoms with van der Waals surface area (Å²) in [6.45, 7) is 10.2. The van der Waals surface area contributed by atoms with Gasteiger partial charge in [-0.3, -0.25) is 0 Å². The van der Waals surface area contributed by atoms with E-state index in [9.17, 15) is 0 Å². The lowest BCUT2D eigenvalue weighted by atomic mass is 9.97. The van der Waals surface area contributed by atoms with Crippen molar-refractivity contribution in [3.05, 3.63) is 33.6 Å². The number of aryl methyl sites for hydroxylation is 1. The first-order chi connectivity index (χ1) is 9.87. The Morgan fingerprint density at radius 2 is 2.00 bits per heavy atom. The molecule has 0 radical (unpaired) electrons. The Kier molecular flexibility index (Phi) is 5.87. The van der Waals surface area contributed by atoms with Crippen LogP contribution >= 0.6 is 27.3 Å². The van der Waals surface area contributed by atoms with Gasteiger partial charge in [0.25, 0.3) is 0 Å². The van der Waals surface area contributed by atoms with E-state index in [-0.39, 0.29) is 5.54 Å². The third-order valence-electron chi connectivity index (χ3n) is 3.83. The average Bonchev–Trinajstić information content (AvgIpc) is 2.79. The highest BCUT2D eigenvalue weighted by molar-refractivity contribution is 9.10. The average molecular weight is 368 g/mol. The van der Waals surface area contributed by atoms with E-state index in [0.717, 1.165) is 12.5 Å². The Hall–Kier alpha value is -0.380. The van der Waals surface area contributed by atoms with Gasteiger partial charge in [0.05, 0.1) is 0 Å². The number of halogens is 1. The molecule has 2 rings (SSSR count). The Morgan fingerprint density at radius 1 is 1.24 bits per heavy atom. The zero-order valence-corrected chi connectivity index (χ0v) is 15.9. The van der Waals surface area contributed by atoms with Crippen LogP contribution in [0.15, 0.2) is 28.1 Å². The van der Waals surface area contributed by atoms with Crippen LogP contribution in [-0.2, 0) is 6.42 Å². The summed E-state index contributed by atoms with van der Waals surface area (Å²) in [4.78, 5) is 0. The van der Waals surface area contributed by atoms with Gasteiger partial charge in [-0.05, 0) is 90.8 Å². The van der Waals surface area contributed by atoms with E-state index >= 15 is 0 Å². The van der Waals surface area contributed by atoms with Crippen molar-refractivity contribution in [3.63, 3.8) is 0 Å². The van der Waals surface area contributed by atoms with Crippen molar-refractivity contribution in [1.29, 1.82) is 0 Å². The second kappa shape index (κ2) is 7.26. The van der Waals surface area contributed by atoms with Gasteiger partial charge < -0.3 is 5.32 Å². The van der Waals surface area contributed by atoms with Gasteiger partial charge in [0.1, 0.15) is 0 Å². The largest absolute Gasteiger partial charge is 0.312 e. The molecule has 0 saturated carbocycles. The summed E-state index contributed by atoms with van der Waals surface area (Å²) in [7, 11) is 0. The van der Waals surface area contributed by atoms with E-state index < -0.39 is 0 Å². The predicted octanol–water partition coefficient (Wildman–Crippen LogP) is 6.01. The van der Waals surface area contributed by atoms with Gasteiger partial charge in [-0.2, -0.15) is 0 Å². The monoisotopic (exact) mass is 367 g/mol. The van der Waals surface area contributed by atoms with E-state index in [2.05, 4.69) is 72.5 Å². The van der Waals surface area contributed by atoms with E-state index in [1.54, 1.807) is 0 Å². The lowest BCUT2D eigenvalue weighted by molar-refractivity contribution is 0.387. The van der Waals surface area contributed by atoms with Crippen LogP contribution in [0.2, 0.25) is 0 Å². The molecule has 21 heavy (non-hydrogen) atoms. The minimum absolute atomic E-state index is 0.232. The lowest BCUT2D eigenvalue weighted by Gasteiger charge is -2.22. The molecule has 3 heteroatoms. The summed E-state index contributed by atoms with van der Waals surface area (Å²) in [5.74, 6) is 0.766. The maximum absolute atomic E-state index is 3.65. The molecule has 1 aromatic carbocycles. The highest BCUT2D eigenvalue weighted by Crippen LogP contribution is 2.33. The molecular weight excluding hydrogens is 342 g/mol. The molecule has 0 saturated heterocycles. The van der Waals surface area contributed by atoms with Crippen LogP contribution < -0.4 is 5.32 Å². The molecule has 0 aliphatic carbocycles. The first-order valence-corrected chi connectivity index (χ1v) is 9.44. The quantitative estimate of drug-likeness (QED) is 0.658. The van der Waals surface area contributed by atoms with E-state index in [1.165, 1.54) is 39.4 Å². The van der Waals surface area contributed by atoms with Crippen molar-refractivity contribution in [3.8, 4) is 0 Å². The van der Waals surface area contributed by atoms with Gasteiger partial charge in [-0.1, -0.05) is 19.1 Å². The smallest absolute Gasteiger partial charge is 0.0487 e. The van der Waals surface area contributed by atoms with Crippen LogP contribution in [0.25, 0.3) is 10.1 Å². The molecule has 1 atom stereocenters. The maximum atomic E-state index is 3.65. The number of hydrogen-bond acceptors (Lipinski definition) is 2. The number of benzene rings is 1. The van der Waals surface area contributed by atoms with Crippen LogP contribution in [0.3, 0.4) is 0 Å². The number of hydrogen-bond donors (Lipinski definition) is 1. The summed E-state index contributed by atoms with van der Waals surface area (Å²) < 4.78 is 2.60. The zero-order chi connectivity index (χ0) is 15.5. The van der Waals surface area contributed by atoms with Crippen LogP contribution in [-0.4, -0.2) is 12.1 Å². The molecular formula is C18H26BrNS. The first-order valence-electron chi connectivity index (χ1n) is 7.76. The minimum Gasteiger partial charge on any atom is -0.312 e. The fourth-order valence-corrected chi connectivity index (χ4v) is 4.17. The van der Waals surface area contributed by atoms with Crippen molar-refractivity contribution >= 4 is 37.4 Å². The molecule has 0 aliphatic rings. The zero-order valence-electron chi connectivity index (χ0n) is 13.5. The van der Waals surface area contributed by atoms with Gasteiger partial charge in [-0.15, -0.1) is 11.3 Å². The highest BCUT2D eigenvalue weighted by atomic mass is 79.9. The Morgan fingerprint density at radius 3 is 2.71 bits per heavy atom. The van der Waals surface area contributed by atoms with Crippen LogP contribution in [0.5, 0.6) is 0 Å². The van der Waals surface area contributed by atoms with Gasteiger partial charge in [0.2, 0.25) is 0 Å². The first kappa shape index (κ1) is 17.0. The van der Waals surface area contributed by atoms with E-state index in [4.69, 9.17) is 0 Å². The summed E-state index contributed by atoms with van der Waals surface area (Å²) in [6.07, 6.45) is 3.71. The highest BCUT2D eigenvalue weighted by Gasteiger charge is 2.11. The molecule has 0 spiro atoms. The third-order valence-corrected chi connectivity index (χ3v) is 5.83. The van der Waals surface area contributed by atoms with Gasteiger partial charge in [0, 0.05) is 14.7 Å². The normalized spacial score (nSPS) is 13.8. The Balaban J connectivity index is 1.86. The summed E-state index contributed by atoms with van der Waals surface area (Å²) >= 11 is 5.50. The minimum atomic E-state index is 0.232. The molecule has 0 bridgehead atoms. The number of rotatable bonds is 6. The number of thiophene rings is 1. The molecule has 1 N–H and O–H groups in total. The topological polar surface area (TPSA) is 12.0 Å². The molecule has 1 unspecified atom stereocenters. The third kappa shape index (κ3) is 5.08. The van der Waals surface area contributed by atoms with Gasteiger partial charge in [-0.25, -0.2) is 0 Å². The number of fused-ring (bicyclic) bond motifs is 1. The maximum Gasteiger partial charge on any atom is 0.0487 e. The molecule has 2 aromatic rings. The molecule has 1 nitrogen and oxygen atoms in total. The molecule has 0 aliphatic heterocycles. The van der Waals surface area contributed by atoms with Crippen LogP contribution in [0, 0.1) is 5.92 Å². The second-order valence-electron chi connectivity index (χ2n) is 6.99. The van der Waals surface area contributed by atoms with E-state index in [0.29, 0.717) is 0 Å². The second-order valence-corrected chi connectivity index (χ2v) is 8.72. The lowest BCUT2D eigenvalue weighted by Crippen LogP contribution is -2.36. The SMILES string of the molecule is CC(CCNC(C)(C)C)CCc1csc2c(Br)cccc12. The van der Waals surface area contributed by atoms with Crippen LogP contribution in [0.4, 0.5) is 0 Å². The van der Waals surface area contributed by atoms with Gasteiger partial charge in [0.15, 0.2) is 0 Å². The molecule has 1 heterocycles. The van der Waals surface area contributed by atoms with E-state index in [1.807, 2.05) is 11.3 Å². The summed E-state index contributed by atoms with van der Waals surface area (Å²) in [5.41, 5.74) is 1.74. The van der Waals surface area contributed by atoms with Crippen molar-refractivity contribution < 1.29 is 0 Å². The summed E-state index contributed by atoms with van der Waals surface area (Å²) in [5, 5.41) is 7.33. The Bertz CT molecular complexity index is 582. The molecule has 0 fully saturated rings. The predicted molar refractivity (Wildman–Crippen MR) is 99.4 cm³/mol. The fourth-order valence-electron chi connectivity index (χ4n) is 2.51. The molecule has 0 amide bonds. The van der Waals surface area contributed by atoms with Crippen molar-refractivity contribution in [2.24, 2.45) is 5.92 Å². The van der Waals surface area contributed by atoms with Crippen LogP contribution in [0.1, 0.15) is 46.1 Å². The molecule has 116 valence electrons. The molecule has 1 aromatic heterocycles. The van der Waals surface area contributed by atoms with Crippen molar-refractivity contribution in [1.82, 2.24) is 5.32 Å². The van der Waals surface area contributed by atoms with Gasteiger partial charge >= 0.3 is 0 Å².